The minimum absolute atomic E-state index is 0.213. The predicted octanol–water partition coefficient (Wildman–Crippen LogP) is 4.63. The van der Waals surface area contributed by atoms with Crippen LogP contribution in [-0.2, 0) is 0 Å². The molecular formula is C17H22BrNO. The summed E-state index contributed by atoms with van der Waals surface area (Å²) < 4.78 is 0.916. The van der Waals surface area contributed by atoms with Gasteiger partial charge in [-0.1, -0.05) is 31.4 Å². The molecule has 0 N–H and O–H groups in total. The molecule has 0 aromatic heterocycles. The summed E-state index contributed by atoms with van der Waals surface area (Å²) in [6.07, 6.45) is 9.02. The topological polar surface area (TPSA) is 20.3 Å². The molecule has 2 aliphatic rings. The average Bonchev–Trinajstić information content (AvgIpc) is 3.30. The first-order chi connectivity index (χ1) is 9.75. The molecule has 2 fully saturated rings. The van der Waals surface area contributed by atoms with E-state index in [1.165, 1.54) is 44.9 Å². The molecule has 2 nitrogen and oxygen atoms in total. The highest BCUT2D eigenvalue weighted by molar-refractivity contribution is 9.10. The van der Waals surface area contributed by atoms with Gasteiger partial charge in [0.25, 0.3) is 5.91 Å². The first-order valence-corrected chi connectivity index (χ1v) is 8.60. The van der Waals surface area contributed by atoms with E-state index >= 15 is 0 Å². The van der Waals surface area contributed by atoms with Crippen molar-refractivity contribution in [2.45, 2.75) is 51.0 Å². The Balaban J connectivity index is 1.73. The van der Waals surface area contributed by atoms with Gasteiger partial charge in [-0.15, -0.1) is 0 Å². The van der Waals surface area contributed by atoms with Gasteiger partial charge >= 0.3 is 0 Å². The predicted molar refractivity (Wildman–Crippen MR) is 84.8 cm³/mol. The summed E-state index contributed by atoms with van der Waals surface area (Å²) in [5.41, 5.74) is 0.815. The molecule has 0 heterocycles. The monoisotopic (exact) mass is 335 g/mol. The van der Waals surface area contributed by atoms with Gasteiger partial charge in [-0.3, -0.25) is 4.79 Å². The van der Waals surface area contributed by atoms with Crippen molar-refractivity contribution in [2.75, 3.05) is 6.54 Å². The molecule has 0 saturated heterocycles. The highest BCUT2D eigenvalue weighted by atomic mass is 79.9. The Kier molecular flexibility index (Phi) is 4.45. The molecule has 3 rings (SSSR count). The Morgan fingerprint density at radius 1 is 1.10 bits per heavy atom. The minimum Gasteiger partial charge on any atom is -0.335 e. The number of rotatable bonds is 4. The minimum atomic E-state index is 0.213. The van der Waals surface area contributed by atoms with Crippen LogP contribution in [0.15, 0.2) is 28.7 Å². The number of benzene rings is 1. The fourth-order valence-corrected chi connectivity index (χ4v) is 3.68. The molecule has 20 heavy (non-hydrogen) atoms. The molecule has 1 aromatic carbocycles. The van der Waals surface area contributed by atoms with Crippen LogP contribution in [0.2, 0.25) is 0 Å². The Morgan fingerprint density at radius 2 is 1.80 bits per heavy atom. The number of halogens is 1. The fraction of sp³-hybridized carbons (Fsp3) is 0.588. The van der Waals surface area contributed by atoms with E-state index in [1.807, 2.05) is 24.3 Å². The number of hydrogen-bond acceptors (Lipinski definition) is 1. The zero-order valence-electron chi connectivity index (χ0n) is 11.9. The lowest BCUT2D eigenvalue weighted by Crippen LogP contribution is -2.38. The largest absolute Gasteiger partial charge is 0.335 e. The second-order valence-electron chi connectivity index (χ2n) is 6.17. The van der Waals surface area contributed by atoms with E-state index in [1.54, 1.807) is 0 Å². The Bertz CT molecular complexity index is 478. The quantitative estimate of drug-likeness (QED) is 0.785. The summed E-state index contributed by atoms with van der Waals surface area (Å²) in [5.74, 6) is 0.932. The second-order valence-corrected chi connectivity index (χ2v) is 7.03. The van der Waals surface area contributed by atoms with Crippen molar-refractivity contribution in [3.05, 3.63) is 34.3 Å². The van der Waals surface area contributed by atoms with Crippen LogP contribution in [0.1, 0.15) is 55.3 Å². The molecule has 1 aromatic rings. The van der Waals surface area contributed by atoms with Crippen molar-refractivity contribution < 1.29 is 4.79 Å². The lowest BCUT2D eigenvalue weighted by molar-refractivity contribution is 0.0698. The molecule has 0 aliphatic heterocycles. The lowest BCUT2D eigenvalue weighted by Gasteiger charge is -2.30. The molecule has 0 bridgehead atoms. The van der Waals surface area contributed by atoms with Crippen molar-refractivity contribution in [3.8, 4) is 0 Å². The Morgan fingerprint density at radius 3 is 2.45 bits per heavy atom. The summed E-state index contributed by atoms with van der Waals surface area (Å²) in [4.78, 5) is 15.0. The van der Waals surface area contributed by atoms with E-state index < -0.39 is 0 Å². The zero-order valence-corrected chi connectivity index (χ0v) is 13.4. The SMILES string of the molecule is O=C(c1ccccc1Br)N(CC1CCCCC1)C1CC1. The summed E-state index contributed by atoms with van der Waals surface area (Å²) in [6, 6.07) is 8.30. The third-order valence-corrected chi connectivity index (χ3v) is 5.22. The first kappa shape index (κ1) is 14.1. The highest BCUT2D eigenvalue weighted by Crippen LogP contribution is 2.33. The molecule has 1 amide bonds. The van der Waals surface area contributed by atoms with Crippen molar-refractivity contribution in [3.63, 3.8) is 0 Å². The third-order valence-electron chi connectivity index (χ3n) is 4.53. The van der Waals surface area contributed by atoms with Gasteiger partial charge < -0.3 is 4.90 Å². The number of carbonyl (C=O) groups is 1. The first-order valence-electron chi connectivity index (χ1n) is 7.81. The van der Waals surface area contributed by atoms with Crippen molar-refractivity contribution in [1.82, 2.24) is 4.90 Å². The Hall–Kier alpha value is -0.830. The average molecular weight is 336 g/mol. The van der Waals surface area contributed by atoms with Crippen molar-refractivity contribution >= 4 is 21.8 Å². The summed E-state index contributed by atoms with van der Waals surface area (Å²) in [5, 5.41) is 0. The van der Waals surface area contributed by atoms with Crippen LogP contribution in [0, 0.1) is 5.92 Å². The maximum atomic E-state index is 12.8. The van der Waals surface area contributed by atoms with E-state index in [4.69, 9.17) is 0 Å². The summed E-state index contributed by atoms with van der Waals surface area (Å²) in [7, 11) is 0. The number of amides is 1. The molecule has 0 spiro atoms. The van der Waals surface area contributed by atoms with Crippen LogP contribution in [0.5, 0.6) is 0 Å². The standard InChI is InChI=1S/C17H22BrNO/c18-16-9-5-4-8-15(16)17(20)19(14-10-11-14)12-13-6-2-1-3-7-13/h4-5,8-9,13-14H,1-3,6-7,10-12H2. The van der Waals surface area contributed by atoms with Gasteiger partial charge in [0.15, 0.2) is 0 Å². The van der Waals surface area contributed by atoms with Crippen molar-refractivity contribution in [2.24, 2.45) is 5.92 Å². The van der Waals surface area contributed by atoms with Crippen LogP contribution in [0.3, 0.4) is 0 Å². The van der Waals surface area contributed by atoms with E-state index in [9.17, 15) is 4.79 Å². The van der Waals surface area contributed by atoms with Crippen LogP contribution in [0.25, 0.3) is 0 Å². The summed E-state index contributed by atoms with van der Waals surface area (Å²) in [6.45, 7) is 0.963. The second kappa shape index (κ2) is 6.30. The normalized spacial score (nSPS) is 19.9. The molecular weight excluding hydrogens is 314 g/mol. The summed E-state index contributed by atoms with van der Waals surface area (Å²) >= 11 is 3.51. The van der Waals surface area contributed by atoms with Crippen LogP contribution < -0.4 is 0 Å². The maximum Gasteiger partial charge on any atom is 0.255 e. The van der Waals surface area contributed by atoms with Gasteiger partial charge in [-0.2, -0.15) is 0 Å². The van der Waals surface area contributed by atoms with E-state index in [0.717, 1.165) is 22.5 Å². The fourth-order valence-electron chi connectivity index (χ4n) is 3.22. The van der Waals surface area contributed by atoms with Gasteiger partial charge in [0.1, 0.15) is 0 Å². The number of hydrogen-bond donors (Lipinski definition) is 0. The Labute approximate surface area is 129 Å². The smallest absolute Gasteiger partial charge is 0.255 e. The molecule has 0 unspecified atom stereocenters. The molecule has 2 saturated carbocycles. The van der Waals surface area contributed by atoms with Crippen LogP contribution >= 0.6 is 15.9 Å². The lowest BCUT2D eigenvalue weighted by atomic mass is 9.89. The number of carbonyl (C=O) groups excluding carboxylic acids is 1. The molecule has 0 atom stereocenters. The van der Waals surface area contributed by atoms with Gasteiger partial charge in [-0.05, 0) is 59.7 Å². The van der Waals surface area contributed by atoms with E-state index in [-0.39, 0.29) is 5.91 Å². The molecule has 2 aliphatic carbocycles. The third kappa shape index (κ3) is 3.25. The van der Waals surface area contributed by atoms with Gasteiger partial charge in [0.05, 0.1) is 5.56 Å². The van der Waals surface area contributed by atoms with Gasteiger partial charge in [-0.25, -0.2) is 0 Å². The van der Waals surface area contributed by atoms with Crippen LogP contribution in [0.4, 0.5) is 0 Å². The number of nitrogens with zero attached hydrogens (tertiary/aromatic N) is 1. The van der Waals surface area contributed by atoms with E-state index in [0.29, 0.717) is 6.04 Å². The molecule has 3 heteroatoms. The van der Waals surface area contributed by atoms with Crippen molar-refractivity contribution in [1.29, 1.82) is 0 Å². The van der Waals surface area contributed by atoms with Gasteiger partial charge in [0, 0.05) is 17.1 Å². The van der Waals surface area contributed by atoms with Crippen LogP contribution in [-0.4, -0.2) is 23.4 Å². The van der Waals surface area contributed by atoms with Gasteiger partial charge in [0.2, 0.25) is 0 Å². The zero-order chi connectivity index (χ0) is 13.9. The molecule has 108 valence electrons. The van der Waals surface area contributed by atoms with E-state index in [2.05, 4.69) is 20.8 Å². The highest BCUT2D eigenvalue weighted by Gasteiger charge is 2.35. The molecule has 0 radical (unpaired) electrons. The maximum absolute atomic E-state index is 12.8.